The Hall–Kier alpha value is -0.960. The summed E-state index contributed by atoms with van der Waals surface area (Å²) in [5, 5.41) is 0. The van der Waals surface area contributed by atoms with E-state index in [1.54, 1.807) is 5.57 Å². The van der Waals surface area contributed by atoms with E-state index in [1.165, 1.54) is 12.8 Å². The van der Waals surface area contributed by atoms with Gasteiger partial charge in [-0.05, 0) is 42.1 Å². The first kappa shape index (κ1) is 12.1. The Kier molecular flexibility index (Phi) is 4.21. The van der Waals surface area contributed by atoms with Crippen LogP contribution < -0.4 is 0 Å². The Bertz CT molecular complexity index is 280. The van der Waals surface area contributed by atoms with Gasteiger partial charge in [0.05, 0.1) is 0 Å². The van der Waals surface area contributed by atoms with Gasteiger partial charge in [0.2, 0.25) is 0 Å². The van der Waals surface area contributed by atoms with Crippen LogP contribution in [0.15, 0.2) is 23.8 Å². The predicted octanol–water partition coefficient (Wildman–Crippen LogP) is 4.05. The zero-order chi connectivity index (χ0) is 11.4. The quantitative estimate of drug-likeness (QED) is 0.520. The molecule has 0 aromatic rings. The van der Waals surface area contributed by atoms with Crippen LogP contribution in [-0.2, 0) is 0 Å². The molecule has 15 heavy (non-hydrogen) atoms. The molecule has 0 heteroatoms. The second kappa shape index (κ2) is 5.21. The Labute approximate surface area is 94.5 Å². The lowest BCUT2D eigenvalue weighted by Gasteiger charge is -2.36. The van der Waals surface area contributed by atoms with Gasteiger partial charge < -0.3 is 0 Å². The minimum atomic E-state index is 0.774. The van der Waals surface area contributed by atoms with Crippen LogP contribution in [0.25, 0.3) is 0 Å². The summed E-state index contributed by atoms with van der Waals surface area (Å²) < 4.78 is 0. The van der Waals surface area contributed by atoms with Gasteiger partial charge >= 0.3 is 0 Å². The summed E-state index contributed by atoms with van der Waals surface area (Å²) in [5.74, 6) is 3.28. The molecule has 0 radical (unpaired) electrons. The van der Waals surface area contributed by atoms with E-state index in [1.807, 2.05) is 0 Å². The van der Waals surface area contributed by atoms with E-state index in [2.05, 4.69) is 51.8 Å². The average molecular weight is 202 g/mol. The molecule has 2 rings (SSSR count). The number of fused-ring (bicyclic) bond motifs is 1. The van der Waals surface area contributed by atoms with E-state index in [0.29, 0.717) is 0 Å². The molecule has 0 amide bonds. The van der Waals surface area contributed by atoms with Crippen molar-refractivity contribution in [3.8, 4) is 12.8 Å². The maximum absolute atomic E-state index is 4.00. The topological polar surface area (TPSA) is 0 Å². The molecule has 0 bridgehead atoms. The third kappa shape index (κ3) is 2.53. The number of rotatable bonds is 0. The summed E-state index contributed by atoms with van der Waals surface area (Å²) in [6.45, 7) is 7.08. The number of allylic oxidation sites excluding steroid dienone is 4. The van der Waals surface area contributed by atoms with Crippen molar-refractivity contribution >= 4 is 0 Å². The standard InChI is InChI=1S/C13H20.C2H2/c1-9-4-7-13-11(3)10(2)5-6-12(13)8-9;1-2/h5-6,8-11,13H,4,7H2,1-3H3;1-2H. The fourth-order valence-corrected chi connectivity index (χ4v) is 2.69. The van der Waals surface area contributed by atoms with Crippen LogP contribution in [0.5, 0.6) is 0 Å². The van der Waals surface area contributed by atoms with Crippen molar-refractivity contribution in [2.75, 3.05) is 0 Å². The summed E-state index contributed by atoms with van der Waals surface area (Å²) >= 11 is 0. The van der Waals surface area contributed by atoms with Crippen molar-refractivity contribution in [3.05, 3.63) is 23.8 Å². The molecule has 0 saturated carbocycles. The van der Waals surface area contributed by atoms with Gasteiger partial charge in [0.15, 0.2) is 0 Å². The molecule has 2 aliphatic carbocycles. The zero-order valence-electron chi connectivity index (χ0n) is 10.1. The highest BCUT2D eigenvalue weighted by atomic mass is 14.3. The highest BCUT2D eigenvalue weighted by molar-refractivity contribution is 5.29. The monoisotopic (exact) mass is 202 g/mol. The van der Waals surface area contributed by atoms with Gasteiger partial charge in [-0.2, -0.15) is 0 Å². The van der Waals surface area contributed by atoms with Crippen LogP contribution in [0, 0.1) is 36.5 Å². The van der Waals surface area contributed by atoms with Crippen molar-refractivity contribution in [1.29, 1.82) is 0 Å². The molecular formula is C15H22. The number of hydrogen-bond donors (Lipinski definition) is 0. The first-order valence-electron chi connectivity index (χ1n) is 5.91. The fourth-order valence-electron chi connectivity index (χ4n) is 2.69. The lowest BCUT2D eigenvalue weighted by Crippen LogP contribution is -2.26. The minimum Gasteiger partial charge on any atom is -0.124 e. The van der Waals surface area contributed by atoms with Crippen molar-refractivity contribution in [1.82, 2.24) is 0 Å². The molecule has 82 valence electrons. The van der Waals surface area contributed by atoms with Crippen LogP contribution in [0.4, 0.5) is 0 Å². The Morgan fingerprint density at radius 2 is 1.80 bits per heavy atom. The zero-order valence-corrected chi connectivity index (χ0v) is 10.1. The van der Waals surface area contributed by atoms with Gasteiger partial charge in [0, 0.05) is 0 Å². The summed E-state index contributed by atoms with van der Waals surface area (Å²) in [6, 6.07) is 0. The largest absolute Gasteiger partial charge is 0.124 e. The molecule has 0 heterocycles. The molecule has 0 nitrogen and oxygen atoms in total. The molecule has 0 aromatic carbocycles. The van der Waals surface area contributed by atoms with Crippen LogP contribution >= 0.6 is 0 Å². The molecule has 0 aliphatic heterocycles. The van der Waals surface area contributed by atoms with Gasteiger partial charge in [-0.15, -0.1) is 12.8 Å². The molecule has 0 spiro atoms. The SMILES string of the molecule is C#C.CC1C=C2C=CC(C)C(C)C2CC1. The second-order valence-electron chi connectivity index (χ2n) is 4.91. The van der Waals surface area contributed by atoms with Crippen molar-refractivity contribution in [3.63, 3.8) is 0 Å². The second-order valence-corrected chi connectivity index (χ2v) is 4.91. The first-order chi connectivity index (χ1) is 7.18. The van der Waals surface area contributed by atoms with Crippen LogP contribution in [0.3, 0.4) is 0 Å². The van der Waals surface area contributed by atoms with E-state index in [4.69, 9.17) is 0 Å². The third-order valence-electron chi connectivity index (χ3n) is 3.89. The predicted molar refractivity (Wildman–Crippen MR) is 67.3 cm³/mol. The highest BCUT2D eigenvalue weighted by Gasteiger charge is 2.29. The smallest absolute Gasteiger partial charge is 0.0134 e. The van der Waals surface area contributed by atoms with Gasteiger partial charge in [-0.25, -0.2) is 0 Å². The molecular weight excluding hydrogens is 180 g/mol. The maximum atomic E-state index is 4.00. The minimum absolute atomic E-state index is 0.774. The van der Waals surface area contributed by atoms with E-state index < -0.39 is 0 Å². The van der Waals surface area contributed by atoms with Gasteiger partial charge in [-0.3, -0.25) is 0 Å². The molecule has 0 N–H and O–H groups in total. The molecule has 0 saturated heterocycles. The van der Waals surface area contributed by atoms with E-state index in [0.717, 1.165) is 23.7 Å². The molecule has 0 aromatic heterocycles. The Morgan fingerprint density at radius 1 is 1.13 bits per heavy atom. The van der Waals surface area contributed by atoms with Crippen molar-refractivity contribution in [2.45, 2.75) is 33.6 Å². The molecule has 4 atom stereocenters. The van der Waals surface area contributed by atoms with Gasteiger partial charge in [0.1, 0.15) is 0 Å². The van der Waals surface area contributed by atoms with Crippen LogP contribution in [0.1, 0.15) is 33.6 Å². The van der Waals surface area contributed by atoms with Gasteiger partial charge in [-0.1, -0.05) is 39.0 Å². The number of terminal acetylenes is 1. The first-order valence-corrected chi connectivity index (χ1v) is 5.91. The van der Waals surface area contributed by atoms with E-state index in [9.17, 15) is 0 Å². The van der Waals surface area contributed by atoms with Crippen LogP contribution in [-0.4, -0.2) is 0 Å². The van der Waals surface area contributed by atoms with Crippen molar-refractivity contribution < 1.29 is 0 Å². The third-order valence-corrected chi connectivity index (χ3v) is 3.89. The van der Waals surface area contributed by atoms with E-state index >= 15 is 0 Å². The highest BCUT2D eigenvalue weighted by Crippen LogP contribution is 2.40. The maximum Gasteiger partial charge on any atom is -0.0134 e. The molecule has 4 unspecified atom stereocenters. The normalized spacial score (nSPS) is 38.3. The Balaban J connectivity index is 0.000000531. The lowest BCUT2D eigenvalue weighted by atomic mass is 9.69. The van der Waals surface area contributed by atoms with Crippen LogP contribution in [0.2, 0.25) is 0 Å². The summed E-state index contributed by atoms with van der Waals surface area (Å²) in [4.78, 5) is 0. The lowest BCUT2D eigenvalue weighted by molar-refractivity contribution is 0.286. The summed E-state index contributed by atoms with van der Waals surface area (Å²) in [6.07, 6.45) is 18.0. The van der Waals surface area contributed by atoms with E-state index in [-0.39, 0.29) is 0 Å². The molecule has 2 aliphatic rings. The van der Waals surface area contributed by atoms with Crippen molar-refractivity contribution in [2.24, 2.45) is 23.7 Å². The van der Waals surface area contributed by atoms with Gasteiger partial charge in [0.25, 0.3) is 0 Å². The average Bonchev–Trinajstić information content (AvgIpc) is 2.26. The Morgan fingerprint density at radius 3 is 2.47 bits per heavy atom. The summed E-state index contributed by atoms with van der Waals surface area (Å²) in [7, 11) is 0. The fraction of sp³-hybridized carbons (Fsp3) is 0.600. The summed E-state index contributed by atoms with van der Waals surface area (Å²) in [5.41, 5.74) is 1.62. The number of hydrogen-bond acceptors (Lipinski definition) is 0. The molecule has 0 fully saturated rings.